The molecule has 4 amide bonds. The molecule has 7 heteroatoms. The highest BCUT2D eigenvalue weighted by atomic mass is 16.3. The highest BCUT2D eigenvalue weighted by Gasteiger charge is 2.34. The second kappa shape index (κ2) is 6.34. The van der Waals surface area contributed by atoms with Crippen molar-refractivity contribution >= 4 is 17.8 Å². The van der Waals surface area contributed by atoms with Crippen LogP contribution in [-0.4, -0.2) is 65.5 Å². The molecule has 1 aliphatic heterocycles. The van der Waals surface area contributed by atoms with Crippen molar-refractivity contribution in [3.63, 3.8) is 0 Å². The van der Waals surface area contributed by atoms with Crippen molar-refractivity contribution in [1.29, 1.82) is 0 Å². The van der Waals surface area contributed by atoms with Gasteiger partial charge in [-0.3, -0.25) is 14.5 Å². The number of amides is 4. The van der Waals surface area contributed by atoms with Crippen LogP contribution < -0.4 is 5.32 Å². The number of urea groups is 1. The molecule has 0 aromatic carbocycles. The third kappa shape index (κ3) is 3.69. The van der Waals surface area contributed by atoms with Crippen molar-refractivity contribution in [2.75, 3.05) is 26.7 Å². The van der Waals surface area contributed by atoms with Gasteiger partial charge < -0.3 is 15.3 Å². The molecule has 0 bridgehead atoms. The molecule has 102 valence electrons. The number of nitrogens with one attached hydrogen (secondary N) is 1. The predicted molar refractivity (Wildman–Crippen MR) is 63.7 cm³/mol. The Morgan fingerprint density at radius 1 is 1.50 bits per heavy atom. The van der Waals surface area contributed by atoms with E-state index in [1.165, 1.54) is 11.9 Å². The molecule has 7 nitrogen and oxygen atoms in total. The van der Waals surface area contributed by atoms with Gasteiger partial charge in [-0.1, -0.05) is 13.3 Å². The third-order valence-corrected chi connectivity index (χ3v) is 2.69. The molecular formula is C11H19N3O4. The molecule has 1 heterocycles. The average Bonchev–Trinajstić information content (AvgIpc) is 2.54. The van der Waals surface area contributed by atoms with E-state index in [0.717, 1.165) is 11.3 Å². The van der Waals surface area contributed by atoms with Crippen molar-refractivity contribution in [2.24, 2.45) is 0 Å². The van der Waals surface area contributed by atoms with E-state index in [9.17, 15) is 19.5 Å². The van der Waals surface area contributed by atoms with Crippen molar-refractivity contribution in [2.45, 2.75) is 25.9 Å². The normalized spacial score (nSPS) is 17.3. The van der Waals surface area contributed by atoms with E-state index in [0.29, 0.717) is 6.42 Å². The SMILES string of the molecule is CCCC(O)CNC(=O)CN1C(=O)CN(C)C1=O. The summed E-state index contributed by atoms with van der Waals surface area (Å²) in [6.45, 7) is 1.78. The Labute approximate surface area is 106 Å². The van der Waals surface area contributed by atoms with E-state index in [1.807, 2.05) is 6.92 Å². The van der Waals surface area contributed by atoms with Crippen LogP contribution in [0, 0.1) is 0 Å². The summed E-state index contributed by atoms with van der Waals surface area (Å²) < 4.78 is 0. The van der Waals surface area contributed by atoms with Crippen LogP contribution in [-0.2, 0) is 9.59 Å². The lowest BCUT2D eigenvalue weighted by Gasteiger charge is -2.15. The van der Waals surface area contributed by atoms with Gasteiger partial charge in [-0.15, -0.1) is 0 Å². The Morgan fingerprint density at radius 2 is 2.17 bits per heavy atom. The van der Waals surface area contributed by atoms with Gasteiger partial charge in [0.1, 0.15) is 13.1 Å². The standard InChI is InChI=1S/C11H19N3O4/c1-3-4-8(15)5-12-9(16)6-14-10(17)7-13(2)11(14)18/h8,15H,3-7H2,1-2H3,(H,12,16). The molecule has 1 saturated heterocycles. The first kappa shape index (κ1) is 14.4. The summed E-state index contributed by atoms with van der Waals surface area (Å²) in [5.41, 5.74) is 0. The van der Waals surface area contributed by atoms with E-state index in [2.05, 4.69) is 5.32 Å². The molecule has 1 rings (SSSR count). The molecular weight excluding hydrogens is 238 g/mol. The van der Waals surface area contributed by atoms with Crippen LogP contribution in [0.2, 0.25) is 0 Å². The lowest BCUT2D eigenvalue weighted by molar-refractivity contribution is -0.130. The van der Waals surface area contributed by atoms with E-state index in [-0.39, 0.29) is 25.5 Å². The predicted octanol–water partition coefficient (Wildman–Crippen LogP) is -0.842. The number of hydrogen-bond acceptors (Lipinski definition) is 4. The van der Waals surface area contributed by atoms with Gasteiger partial charge in [0.2, 0.25) is 5.91 Å². The highest BCUT2D eigenvalue weighted by molar-refractivity contribution is 6.04. The average molecular weight is 257 g/mol. The quantitative estimate of drug-likeness (QED) is 0.607. The fourth-order valence-electron chi connectivity index (χ4n) is 1.69. The summed E-state index contributed by atoms with van der Waals surface area (Å²) in [6, 6.07) is -0.468. The van der Waals surface area contributed by atoms with Crippen LogP contribution in [0.1, 0.15) is 19.8 Å². The molecule has 0 radical (unpaired) electrons. The van der Waals surface area contributed by atoms with Crippen molar-refractivity contribution in [3.8, 4) is 0 Å². The van der Waals surface area contributed by atoms with Crippen LogP contribution in [0.5, 0.6) is 0 Å². The molecule has 0 aliphatic carbocycles. The van der Waals surface area contributed by atoms with Gasteiger partial charge in [-0.2, -0.15) is 0 Å². The molecule has 2 N–H and O–H groups in total. The zero-order chi connectivity index (χ0) is 13.7. The third-order valence-electron chi connectivity index (χ3n) is 2.69. The van der Waals surface area contributed by atoms with Crippen LogP contribution in [0.15, 0.2) is 0 Å². The molecule has 1 aliphatic rings. The maximum absolute atomic E-state index is 11.5. The van der Waals surface area contributed by atoms with Gasteiger partial charge in [0.05, 0.1) is 6.10 Å². The first-order valence-electron chi connectivity index (χ1n) is 5.96. The second-order valence-electron chi connectivity index (χ2n) is 4.37. The number of aliphatic hydroxyl groups is 1. The molecule has 1 atom stereocenters. The summed E-state index contributed by atoms with van der Waals surface area (Å²) in [6.07, 6.45) is 0.835. The fourth-order valence-corrected chi connectivity index (χ4v) is 1.69. The van der Waals surface area contributed by atoms with Crippen LogP contribution in [0.25, 0.3) is 0 Å². The zero-order valence-electron chi connectivity index (χ0n) is 10.7. The maximum atomic E-state index is 11.5. The van der Waals surface area contributed by atoms with E-state index >= 15 is 0 Å². The number of likely N-dealkylation sites (N-methyl/N-ethyl adjacent to an activating group) is 1. The van der Waals surface area contributed by atoms with Crippen molar-refractivity contribution < 1.29 is 19.5 Å². The summed E-state index contributed by atoms with van der Waals surface area (Å²) >= 11 is 0. The Bertz CT molecular complexity index is 345. The first-order chi connectivity index (χ1) is 8.45. The van der Waals surface area contributed by atoms with Gasteiger partial charge in [-0.25, -0.2) is 4.79 Å². The number of hydrogen-bond donors (Lipinski definition) is 2. The number of nitrogens with zero attached hydrogens (tertiary/aromatic N) is 2. The molecule has 1 fully saturated rings. The lowest BCUT2D eigenvalue weighted by atomic mass is 10.2. The monoisotopic (exact) mass is 257 g/mol. The van der Waals surface area contributed by atoms with Gasteiger partial charge in [-0.05, 0) is 6.42 Å². The topological polar surface area (TPSA) is 89.9 Å². The minimum absolute atomic E-state index is 0.00454. The van der Waals surface area contributed by atoms with Gasteiger partial charge in [0, 0.05) is 13.6 Å². The Hall–Kier alpha value is -1.63. The maximum Gasteiger partial charge on any atom is 0.327 e. The number of aliphatic hydroxyl groups excluding tert-OH is 1. The summed E-state index contributed by atoms with van der Waals surface area (Å²) in [4.78, 5) is 36.6. The fraction of sp³-hybridized carbons (Fsp3) is 0.727. The van der Waals surface area contributed by atoms with Gasteiger partial charge >= 0.3 is 6.03 Å². The van der Waals surface area contributed by atoms with Crippen LogP contribution in [0.4, 0.5) is 4.79 Å². The van der Waals surface area contributed by atoms with E-state index in [1.54, 1.807) is 0 Å². The second-order valence-corrected chi connectivity index (χ2v) is 4.37. The summed E-state index contributed by atoms with van der Waals surface area (Å²) in [5, 5.41) is 11.9. The first-order valence-corrected chi connectivity index (χ1v) is 5.96. The Morgan fingerprint density at radius 3 is 2.67 bits per heavy atom. The van der Waals surface area contributed by atoms with Crippen molar-refractivity contribution in [3.05, 3.63) is 0 Å². The van der Waals surface area contributed by atoms with Crippen LogP contribution >= 0.6 is 0 Å². The minimum atomic E-state index is -0.591. The number of carbonyl (C=O) groups excluding carboxylic acids is 3. The van der Waals surface area contributed by atoms with E-state index < -0.39 is 18.0 Å². The molecule has 18 heavy (non-hydrogen) atoms. The van der Waals surface area contributed by atoms with E-state index in [4.69, 9.17) is 0 Å². The number of imide groups is 1. The zero-order valence-corrected chi connectivity index (χ0v) is 10.7. The number of carbonyl (C=O) groups is 3. The summed E-state index contributed by atoms with van der Waals surface area (Å²) in [7, 11) is 1.50. The highest BCUT2D eigenvalue weighted by Crippen LogP contribution is 2.06. The smallest absolute Gasteiger partial charge is 0.327 e. The van der Waals surface area contributed by atoms with Crippen molar-refractivity contribution in [1.82, 2.24) is 15.1 Å². The molecule has 0 saturated carbocycles. The van der Waals surface area contributed by atoms with Gasteiger partial charge in [0.15, 0.2) is 0 Å². The minimum Gasteiger partial charge on any atom is -0.391 e. The lowest BCUT2D eigenvalue weighted by Crippen LogP contribution is -2.43. The van der Waals surface area contributed by atoms with Crippen LogP contribution in [0.3, 0.4) is 0 Å². The molecule has 0 aromatic heterocycles. The largest absolute Gasteiger partial charge is 0.391 e. The Kier molecular flexibility index (Phi) is 5.08. The van der Waals surface area contributed by atoms with Gasteiger partial charge in [0.25, 0.3) is 5.91 Å². The summed E-state index contributed by atoms with van der Waals surface area (Å²) in [5.74, 6) is -0.825. The molecule has 1 unspecified atom stereocenters. The Balaban J connectivity index is 2.36. The number of rotatable bonds is 6. The molecule has 0 spiro atoms. The molecule has 0 aromatic rings.